The molecule has 4 heteroatoms. The summed E-state index contributed by atoms with van der Waals surface area (Å²) in [6.07, 6.45) is 11.8. The number of unbranched alkanes of at least 4 members (excludes halogenated alkanes) is 8. The van der Waals surface area contributed by atoms with E-state index in [1.165, 1.54) is 51.4 Å². The fraction of sp³-hybridized carbons (Fsp3) is 0.938. The number of nitrogens with zero attached hydrogens (tertiary/aromatic N) is 2. The van der Waals surface area contributed by atoms with Crippen LogP contribution in [0.15, 0.2) is 0 Å². The number of hydrogen-bond acceptors (Lipinski definition) is 2. The minimum atomic E-state index is 0.0112. The maximum atomic E-state index is 11.8. The lowest BCUT2D eigenvalue weighted by atomic mass is 10.1. The van der Waals surface area contributed by atoms with Gasteiger partial charge >= 0.3 is 6.03 Å². The Labute approximate surface area is 125 Å². The van der Waals surface area contributed by atoms with Crippen molar-refractivity contribution in [3.8, 4) is 0 Å². The van der Waals surface area contributed by atoms with Crippen LogP contribution in [0.25, 0.3) is 0 Å². The summed E-state index contributed by atoms with van der Waals surface area (Å²) in [5, 5.41) is 6.51. The summed E-state index contributed by atoms with van der Waals surface area (Å²) in [6, 6.07) is 0.0112. The van der Waals surface area contributed by atoms with E-state index < -0.39 is 0 Å². The molecule has 0 spiro atoms. The maximum absolute atomic E-state index is 11.8. The second-order valence-corrected chi connectivity index (χ2v) is 5.63. The van der Waals surface area contributed by atoms with Crippen LogP contribution in [0.5, 0.6) is 0 Å². The average Bonchev–Trinajstić information content (AvgIpc) is 2.40. The molecular weight excluding hydrogens is 250 g/mol. The van der Waals surface area contributed by atoms with Gasteiger partial charge in [-0.1, -0.05) is 58.3 Å². The molecular formula is C16H35N3O. The number of hydrazine groups is 1. The number of nitrogens with one attached hydrogen (secondary N) is 1. The van der Waals surface area contributed by atoms with Crippen molar-refractivity contribution in [3.63, 3.8) is 0 Å². The standard InChI is InChI=1S/C16H35N3O/c1-5-7-8-9-10-11-12-13-14-15-19(18(3)4)16(20)17-6-2/h5-15H2,1-4H3,(H,17,20). The van der Waals surface area contributed by atoms with Gasteiger partial charge in [0.05, 0.1) is 0 Å². The van der Waals surface area contributed by atoms with Crippen molar-refractivity contribution < 1.29 is 4.79 Å². The maximum Gasteiger partial charge on any atom is 0.331 e. The summed E-state index contributed by atoms with van der Waals surface area (Å²) < 4.78 is 0. The lowest BCUT2D eigenvalue weighted by Gasteiger charge is -2.28. The Morgan fingerprint density at radius 2 is 1.35 bits per heavy atom. The van der Waals surface area contributed by atoms with Crippen molar-refractivity contribution in [1.82, 2.24) is 15.3 Å². The molecule has 20 heavy (non-hydrogen) atoms. The second-order valence-electron chi connectivity index (χ2n) is 5.63. The molecule has 2 amide bonds. The highest BCUT2D eigenvalue weighted by atomic mass is 16.2. The number of urea groups is 1. The van der Waals surface area contributed by atoms with Crippen LogP contribution in [0.4, 0.5) is 4.79 Å². The third-order valence-corrected chi connectivity index (χ3v) is 3.52. The van der Waals surface area contributed by atoms with Gasteiger partial charge in [0.1, 0.15) is 0 Å². The summed E-state index contributed by atoms with van der Waals surface area (Å²) in [5.74, 6) is 0. The zero-order chi connectivity index (χ0) is 15.2. The van der Waals surface area contributed by atoms with E-state index in [0.717, 1.165) is 13.0 Å². The molecule has 120 valence electrons. The van der Waals surface area contributed by atoms with Gasteiger partial charge in [0, 0.05) is 27.2 Å². The minimum absolute atomic E-state index is 0.0112. The summed E-state index contributed by atoms with van der Waals surface area (Å²) in [6.45, 7) is 5.70. The van der Waals surface area contributed by atoms with Crippen molar-refractivity contribution in [2.24, 2.45) is 0 Å². The van der Waals surface area contributed by atoms with E-state index in [2.05, 4.69) is 12.2 Å². The van der Waals surface area contributed by atoms with Crippen molar-refractivity contribution >= 4 is 6.03 Å². The molecule has 0 heterocycles. The quantitative estimate of drug-likeness (QED) is 0.434. The van der Waals surface area contributed by atoms with Gasteiger partial charge in [-0.3, -0.25) is 5.01 Å². The van der Waals surface area contributed by atoms with Gasteiger partial charge < -0.3 is 5.32 Å². The summed E-state index contributed by atoms with van der Waals surface area (Å²) in [7, 11) is 3.84. The van der Waals surface area contributed by atoms with Gasteiger partial charge in [0.2, 0.25) is 0 Å². The van der Waals surface area contributed by atoms with Crippen LogP contribution in [-0.4, -0.2) is 43.2 Å². The highest BCUT2D eigenvalue weighted by Crippen LogP contribution is 2.10. The Bertz CT molecular complexity index is 232. The summed E-state index contributed by atoms with van der Waals surface area (Å²) in [5.41, 5.74) is 0. The number of carbonyl (C=O) groups excluding carboxylic acids is 1. The predicted octanol–water partition coefficient (Wildman–Crippen LogP) is 4.03. The molecule has 0 aliphatic rings. The molecule has 0 aliphatic carbocycles. The first kappa shape index (κ1) is 19.2. The highest BCUT2D eigenvalue weighted by molar-refractivity contribution is 5.73. The Hall–Kier alpha value is -0.770. The highest BCUT2D eigenvalue weighted by Gasteiger charge is 2.13. The monoisotopic (exact) mass is 285 g/mol. The van der Waals surface area contributed by atoms with Crippen molar-refractivity contribution in [3.05, 3.63) is 0 Å². The predicted molar refractivity (Wildman–Crippen MR) is 86.7 cm³/mol. The van der Waals surface area contributed by atoms with E-state index in [4.69, 9.17) is 0 Å². The number of hydrogen-bond donors (Lipinski definition) is 1. The smallest absolute Gasteiger partial charge is 0.331 e. The largest absolute Gasteiger partial charge is 0.337 e. The zero-order valence-electron chi connectivity index (χ0n) is 14.1. The molecule has 1 N–H and O–H groups in total. The third-order valence-electron chi connectivity index (χ3n) is 3.52. The summed E-state index contributed by atoms with van der Waals surface area (Å²) >= 11 is 0. The van der Waals surface area contributed by atoms with Gasteiger partial charge in [-0.05, 0) is 13.3 Å². The van der Waals surface area contributed by atoms with Crippen LogP contribution in [0, 0.1) is 0 Å². The molecule has 0 radical (unpaired) electrons. The third kappa shape index (κ3) is 10.1. The first-order valence-electron chi connectivity index (χ1n) is 8.36. The number of amides is 2. The van der Waals surface area contributed by atoms with Gasteiger partial charge in [0.25, 0.3) is 0 Å². The molecule has 0 atom stereocenters. The van der Waals surface area contributed by atoms with Crippen LogP contribution < -0.4 is 5.32 Å². The lowest BCUT2D eigenvalue weighted by Crippen LogP contribution is -2.47. The molecule has 4 nitrogen and oxygen atoms in total. The normalized spacial score (nSPS) is 10.8. The first-order valence-corrected chi connectivity index (χ1v) is 8.36. The fourth-order valence-corrected chi connectivity index (χ4v) is 2.30. The Morgan fingerprint density at radius 1 is 0.850 bits per heavy atom. The van der Waals surface area contributed by atoms with Gasteiger partial charge in [-0.25, -0.2) is 9.80 Å². The fourth-order valence-electron chi connectivity index (χ4n) is 2.30. The molecule has 0 aromatic rings. The first-order chi connectivity index (χ1) is 9.63. The van der Waals surface area contributed by atoms with Gasteiger partial charge in [-0.2, -0.15) is 0 Å². The molecule has 0 fully saturated rings. The second kappa shape index (κ2) is 13.2. The molecule has 0 saturated heterocycles. The van der Waals surface area contributed by atoms with Crippen molar-refractivity contribution in [2.45, 2.75) is 71.6 Å². The van der Waals surface area contributed by atoms with E-state index in [-0.39, 0.29) is 6.03 Å². The SMILES string of the molecule is CCCCCCCCCCCN(C(=O)NCC)N(C)C. The summed E-state index contributed by atoms with van der Waals surface area (Å²) in [4.78, 5) is 11.8. The van der Waals surface area contributed by atoms with Gasteiger partial charge in [-0.15, -0.1) is 0 Å². The minimum Gasteiger partial charge on any atom is -0.337 e. The molecule has 0 aromatic heterocycles. The van der Waals surface area contributed by atoms with E-state index in [1.807, 2.05) is 26.0 Å². The van der Waals surface area contributed by atoms with Crippen LogP contribution in [-0.2, 0) is 0 Å². The van der Waals surface area contributed by atoms with E-state index in [9.17, 15) is 4.79 Å². The van der Waals surface area contributed by atoms with Crippen LogP contribution in [0.1, 0.15) is 71.6 Å². The number of carbonyl (C=O) groups is 1. The topological polar surface area (TPSA) is 35.6 Å². The van der Waals surface area contributed by atoms with Crippen molar-refractivity contribution in [1.29, 1.82) is 0 Å². The van der Waals surface area contributed by atoms with E-state index in [1.54, 1.807) is 5.01 Å². The average molecular weight is 285 g/mol. The Balaban J connectivity index is 3.57. The zero-order valence-corrected chi connectivity index (χ0v) is 14.1. The number of rotatable bonds is 12. The lowest BCUT2D eigenvalue weighted by molar-refractivity contribution is 0.0613. The van der Waals surface area contributed by atoms with Gasteiger partial charge in [0.15, 0.2) is 0 Å². The molecule has 0 bridgehead atoms. The molecule has 0 aliphatic heterocycles. The Morgan fingerprint density at radius 3 is 1.80 bits per heavy atom. The molecule has 0 rings (SSSR count). The van der Waals surface area contributed by atoms with Crippen molar-refractivity contribution in [2.75, 3.05) is 27.2 Å². The molecule has 0 unspecified atom stereocenters. The van der Waals surface area contributed by atoms with Crippen LogP contribution in [0.2, 0.25) is 0 Å². The van der Waals surface area contributed by atoms with E-state index in [0.29, 0.717) is 6.54 Å². The van der Waals surface area contributed by atoms with Crippen LogP contribution in [0.3, 0.4) is 0 Å². The molecule has 0 saturated carbocycles. The van der Waals surface area contributed by atoms with Crippen LogP contribution >= 0.6 is 0 Å². The van der Waals surface area contributed by atoms with E-state index >= 15 is 0 Å². The molecule has 0 aromatic carbocycles. The Kier molecular flexibility index (Phi) is 12.7.